The molecule has 1 saturated heterocycles. The number of urea groups is 1. The van der Waals surface area contributed by atoms with E-state index in [-0.39, 0.29) is 18.0 Å². The molecule has 4 N–H and O–H groups in total. The van der Waals surface area contributed by atoms with Gasteiger partial charge in [-0.05, 0) is 64.4 Å². The van der Waals surface area contributed by atoms with E-state index in [0.717, 1.165) is 37.2 Å². The summed E-state index contributed by atoms with van der Waals surface area (Å²) in [6.07, 6.45) is 1.97. The highest BCUT2D eigenvalue weighted by Crippen LogP contribution is 2.20. The Morgan fingerprint density at radius 1 is 1.21 bits per heavy atom. The van der Waals surface area contributed by atoms with Crippen LogP contribution in [0.15, 0.2) is 24.3 Å². The third-order valence-electron chi connectivity index (χ3n) is 4.88. The summed E-state index contributed by atoms with van der Waals surface area (Å²) in [6, 6.07) is 7.46. The lowest BCUT2D eigenvalue weighted by atomic mass is 10.1. The Hall–Kier alpha value is -2.94. The number of hydrogen-bond donors (Lipinski definition) is 4. The quantitative estimate of drug-likeness (QED) is 0.593. The van der Waals surface area contributed by atoms with E-state index in [1.165, 1.54) is 0 Å². The minimum absolute atomic E-state index is 0.0701. The summed E-state index contributed by atoms with van der Waals surface area (Å²) in [5.41, 5.74) is 2.79. The molecular formula is C20H29N7O2. The summed E-state index contributed by atoms with van der Waals surface area (Å²) >= 11 is 0. The molecule has 1 aromatic heterocycles. The van der Waals surface area contributed by atoms with E-state index in [1.54, 1.807) is 12.1 Å². The Morgan fingerprint density at radius 2 is 1.90 bits per heavy atom. The van der Waals surface area contributed by atoms with Crippen molar-refractivity contribution in [3.63, 3.8) is 0 Å². The molecule has 0 radical (unpaired) electrons. The highest BCUT2D eigenvalue weighted by atomic mass is 16.2. The zero-order valence-electron chi connectivity index (χ0n) is 17.2. The molecule has 1 aliphatic rings. The van der Waals surface area contributed by atoms with Crippen LogP contribution in [0.3, 0.4) is 0 Å². The molecule has 1 aromatic carbocycles. The maximum atomic E-state index is 12.5. The fourth-order valence-corrected chi connectivity index (χ4v) is 3.35. The summed E-state index contributed by atoms with van der Waals surface area (Å²) in [5, 5.41) is 20.1. The zero-order valence-corrected chi connectivity index (χ0v) is 17.2. The molecule has 2 heterocycles. The smallest absolute Gasteiger partial charge is 0.319 e. The molecule has 2 aromatic rings. The van der Waals surface area contributed by atoms with Gasteiger partial charge in [0.05, 0.1) is 11.7 Å². The van der Waals surface area contributed by atoms with Gasteiger partial charge in [0.15, 0.2) is 5.69 Å². The number of anilines is 1. The average molecular weight is 399 g/mol. The lowest BCUT2D eigenvalue weighted by Crippen LogP contribution is -2.34. The summed E-state index contributed by atoms with van der Waals surface area (Å²) in [4.78, 5) is 24.3. The van der Waals surface area contributed by atoms with Gasteiger partial charge in [-0.3, -0.25) is 4.79 Å². The van der Waals surface area contributed by atoms with Crippen LogP contribution in [0.4, 0.5) is 10.5 Å². The van der Waals surface area contributed by atoms with Crippen molar-refractivity contribution >= 4 is 17.6 Å². The Balaban J connectivity index is 1.54. The molecule has 0 spiro atoms. The molecule has 3 amide bonds. The van der Waals surface area contributed by atoms with Crippen molar-refractivity contribution in [1.29, 1.82) is 0 Å². The lowest BCUT2D eigenvalue weighted by molar-refractivity contribution is 0.0945. The van der Waals surface area contributed by atoms with E-state index in [9.17, 15) is 9.59 Å². The van der Waals surface area contributed by atoms with Crippen LogP contribution >= 0.6 is 0 Å². The fraction of sp³-hybridized carbons (Fsp3) is 0.500. The standard InChI is InChI=1S/C20H29N7O2/c1-13(2)23-20(29)24-16-6-4-15(5-7-16)12-22-19(28)18-14(3)27(26-25-18)17-8-10-21-11-9-17/h4-7,13,17,21H,8-12H2,1-3H3,(H,22,28)(H2,23,24,29). The number of carbonyl (C=O) groups is 2. The molecule has 9 nitrogen and oxygen atoms in total. The maximum Gasteiger partial charge on any atom is 0.319 e. The number of nitrogens with one attached hydrogen (secondary N) is 4. The molecule has 1 aliphatic heterocycles. The number of amides is 3. The van der Waals surface area contributed by atoms with E-state index in [1.807, 2.05) is 37.6 Å². The highest BCUT2D eigenvalue weighted by molar-refractivity contribution is 5.93. The molecule has 1 fully saturated rings. The molecule has 9 heteroatoms. The van der Waals surface area contributed by atoms with Crippen molar-refractivity contribution in [3.05, 3.63) is 41.2 Å². The summed E-state index contributed by atoms with van der Waals surface area (Å²) in [5.74, 6) is -0.235. The number of benzene rings is 1. The van der Waals surface area contributed by atoms with Gasteiger partial charge in [0.1, 0.15) is 0 Å². The first kappa shape index (κ1) is 20.8. The Labute approximate surface area is 170 Å². The highest BCUT2D eigenvalue weighted by Gasteiger charge is 2.22. The second kappa shape index (κ2) is 9.51. The molecule has 29 heavy (non-hydrogen) atoms. The summed E-state index contributed by atoms with van der Waals surface area (Å²) < 4.78 is 1.87. The van der Waals surface area contributed by atoms with Gasteiger partial charge in [0, 0.05) is 18.3 Å². The Bertz CT molecular complexity index is 839. The van der Waals surface area contributed by atoms with Crippen LogP contribution in [0.2, 0.25) is 0 Å². The van der Waals surface area contributed by atoms with E-state index in [0.29, 0.717) is 24.0 Å². The number of aromatic nitrogens is 3. The van der Waals surface area contributed by atoms with Crippen LogP contribution in [-0.4, -0.2) is 46.1 Å². The maximum absolute atomic E-state index is 12.5. The van der Waals surface area contributed by atoms with Crippen LogP contribution in [0.1, 0.15) is 54.5 Å². The molecule has 156 valence electrons. The van der Waals surface area contributed by atoms with Gasteiger partial charge in [-0.15, -0.1) is 5.10 Å². The normalized spacial score (nSPS) is 14.6. The van der Waals surface area contributed by atoms with Gasteiger partial charge in [0.2, 0.25) is 0 Å². The number of carbonyl (C=O) groups excluding carboxylic acids is 2. The SMILES string of the molecule is Cc1c(C(=O)NCc2ccc(NC(=O)NC(C)C)cc2)nnn1C1CCNCC1. The zero-order chi connectivity index (χ0) is 20.8. The van der Waals surface area contributed by atoms with Crippen LogP contribution < -0.4 is 21.3 Å². The van der Waals surface area contributed by atoms with Crippen molar-refractivity contribution in [2.45, 2.75) is 52.2 Å². The van der Waals surface area contributed by atoms with Gasteiger partial charge >= 0.3 is 6.03 Å². The molecule has 0 unspecified atom stereocenters. The molecule has 0 bridgehead atoms. The first-order chi connectivity index (χ1) is 13.9. The number of hydrogen-bond acceptors (Lipinski definition) is 5. The molecule has 0 atom stereocenters. The minimum atomic E-state index is -0.242. The van der Waals surface area contributed by atoms with E-state index < -0.39 is 0 Å². The van der Waals surface area contributed by atoms with Crippen LogP contribution in [0.25, 0.3) is 0 Å². The Kier molecular flexibility index (Phi) is 6.82. The van der Waals surface area contributed by atoms with Crippen LogP contribution in [-0.2, 0) is 6.54 Å². The van der Waals surface area contributed by atoms with Crippen LogP contribution in [0.5, 0.6) is 0 Å². The molecule has 3 rings (SSSR count). The van der Waals surface area contributed by atoms with E-state index in [4.69, 9.17) is 0 Å². The molecule has 0 saturated carbocycles. The summed E-state index contributed by atoms with van der Waals surface area (Å²) in [6.45, 7) is 7.97. The first-order valence-electron chi connectivity index (χ1n) is 10.0. The number of rotatable bonds is 6. The third-order valence-corrected chi connectivity index (χ3v) is 4.88. The summed E-state index contributed by atoms with van der Waals surface area (Å²) in [7, 11) is 0. The van der Waals surface area contributed by atoms with Crippen molar-refractivity contribution in [1.82, 2.24) is 30.9 Å². The topological polar surface area (TPSA) is 113 Å². The minimum Gasteiger partial charge on any atom is -0.347 e. The second-order valence-electron chi connectivity index (χ2n) is 7.58. The third kappa shape index (κ3) is 5.54. The van der Waals surface area contributed by atoms with Crippen molar-refractivity contribution in [2.75, 3.05) is 18.4 Å². The van der Waals surface area contributed by atoms with Gasteiger partial charge in [-0.25, -0.2) is 9.48 Å². The number of piperidine rings is 1. The average Bonchev–Trinajstić information content (AvgIpc) is 3.08. The van der Waals surface area contributed by atoms with E-state index in [2.05, 4.69) is 31.6 Å². The van der Waals surface area contributed by atoms with Gasteiger partial charge < -0.3 is 21.3 Å². The monoisotopic (exact) mass is 399 g/mol. The fourth-order valence-electron chi connectivity index (χ4n) is 3.35. The van der Waals surface area contributed by atoms with Gasteiger partial charge in [0.25, 0.3) is 5.91 Å². The van der Waals surface area contributed by atoms with Gasteiger partial charge in [-0.1, -0.05) is 17.3 Å². The Morgan fingerprint density at radius 3 is 2.55 bits per heavy atom. The van der Waals surface area contributed by atoms with Crippen molar-refractivity contribution in [2.24, 2.45) is 0 Å². The van der Waals surface area contributed by atoms with Gasteiger partial charge in [-0.2, -0.15) is 0 Å². The predicted molar refractivity (Wildman–Crippen MR) is 111 cm³/mol. The van der Waals surface area contributed by atoms with Crippen molar-refractivity contribution < 1.29 is 9.59 Å². The lowest BCUT2D eigenvalue weighted by Gasteiger charge is -2.23. The first-order valence-corrected chi connectivity index (χ1v) is 10.0. The van der Waals surface area contributed by atoms with E-state index >= 15 is 0 Å². The predicted octanol–water partition coefficient (Wildman–Crippen LogP) is 1.97. The molecular weight excluding hydrogens is 370 g/mol. The number of nitrogens with zero attached hydrogens (tertiary/aromatic N) is 3. The van der Waals surface area contributed by atoms with Crippen LogP contribution in [0, 0.1) is 6.92 Å². The van der Waals surface area contributed by atoms with Crippen molar-refractivity contribution in [3.8, 4) is 0 Å². The largest absolute Gasteiger partial charge is 0.347 e. The molecule has 0 aliphatic carbocycles. The second-order valence-corrected chi connectivity index (χ2v) is 7.58.